The quantitative estimate of drug-likeness (QED) is 0.137. The zero-order chi connectivity index (χ0) is 31.0. The molecule has 0 amide bonds. The average Bonchev–Trinajstić information content (AvgIpc) is 3.41. The molecule has 8 nitrogen and oxygen atoms in total. The first-order chi connectivity index (χ1) is 22.1. The number of benzene rings is 3. The fourth-order valence-electron chi connectivity index (χ4n) is 4.59. The van der Waals surface area contributed by atoms with E-state index in [2.05, 4.69) is 9.97 Å². The van der Waals surface area contributed by atoms with Crippen molar-refractivity contribution in [1.29, 1.82) is 0 Å². The van der Waals surface area contributed by atoms with Crippen LogP contribution in [-0.2, 0) is 18.0 Å². The molecule has 0 aliphatic heterocycles. The minimum atomic E-state index is -1.07. The molecule has 0 saturated carbocycles. The molecule has 0 spiro atoms. The SMILES string of the molecule is COc1ccc(Oc2c(C=C(C(=O)O)c3ccncc3)sc3cc(OCc4ccccc4)c(OCc4ccccc4)cc23)cn1. The molecule has 6 rings (SSSR count). The van der Waals surface area contributed by atoms with Crippen molar-refractivity contribution in [3.63, 3.8) is 0 Å². The molecule has 9 heteroatoms. The Labute approximate surface area is 263 Å². The first kappa shape index (κ1) is 29.4. The van der Waals surface area contributed by atoms with E-state index >= 15 is 0 Å². The average molecular weight is 617 g/mol. The monoisotopic (exact) mass is 616 g/mol. The van der Waals surface area contributed by atoms with Crippen molar-refractivity contribution in [2.24, 2.45) is 0 Å². The summed E-state index contributed by atoms with van der Waals surface area (Å²) < 4.78 is 25.1. The molecule has 45 heavy (non-hydrogen) atoms. The lowest BCUT2D eigenvalue weighted by molar-refractivity contribution is -0.130. The third-order valence-electron chi connectivity index (χ3n) is 6.84. The van der Waals surface area contributed by atoms with Gasteiger partial charge in [0.05, 0.1) is 23.8 Å². The molecule has 0 aliphatic carbocycles. The number of thiophene rings is 1. The highest BCUT2D eigenvalue weighted by atomic mass is 32.1. The van der Waals surface area contributed by atoms with Gasteiger partial charge >= 0.3 is 5.97 Å². The van der Waals surface area contributed by atoms with Gasteiger partial charge in [-0.2, -0.15) is 0 Å². The Hall–Kier alpha value is -5.67. The number of carboxylic acids is 1. The number of carbonyl (C=O) groups is 1. The van der Waals surface area contributed by atoms with Gasteiger partial charge in [0.25, 0.3) is 0 Å². The van der Waals surface area contributed by atoms with Gasteiger partial charge in [0.1, 0.15) is 19.0 Å². The molecule has 0 radical (unpaired) electrons. The molecule has 1 N–H and O–H groups in total. The van der Waals surface area contributed by atoms with Crippen molar-refractivity contribution in [2.75, 3.05) is 7.11 Å². The number of pyridine rings is 2. The molecule has 0 atom stereocenters. The Balaban J connectivity index is 1.47. The summed E-state index contributed by atoms with van der Waals surface area (Å²) in [5, 5.41) is 10.9. The summed E-state index contributed by atoms with van der Waals surface area (Å²) in [6.45, 7) is 0.674. The molecule has 3 heterocycles. The van der Waals surface area contributed by atoms with Gasteiger partial charge in [-0.05, 0) is 47.0 Å². The smallest absolute Gasteiger partial charge is 0.336 e. The first-order valence-corrected chi connectivity index (χ1v) is 14.9. The van der Waals surface area contributed by atoms with Gasteiger partial charge in [-0.25, -0.2) is 9.78 Å². The topological polar surface area (TPSA) is 100 Å². The van der Waals surface area contributed by atoms with E-state index in [-0.39, 0.29) is 5.57 Å². The highest BCUT2D eigenvalue weighted by Crippen LogP contribution is 2.46. The summed E-state index contributed by atoms with van der Waals surface area (Å²) in [4.78, 5) is 21.3. The zero-order valence-corrected chi connectivity index (χ0v) is 25.1. The van der Waals surface area contributed by atoms with Crippen LogP contribution in [-0.4, -0.2) is 28.2 Å². The maximum absolute atomic E-state index is 12.4. The van der Waals surface area contributed by atoms with E-state index in [0.717, 1.165) is 21.2 Å². The number of fused-ring (bicyclic) bond motifs is 1. The van der Waals surface area contributed by atoms with Gasteiger partial charge in [0.15, 0.2) is 17.2 Å². The van der Waals surface area contributed by atoms with Crippen LogP contribution in [0.15, 0.2) is 116 Å². The Bertz CT molecular complexity index is 1930. The molecular weight excluding hydrogens is 588 g/mol. The second-order valence-corrected chi connectivity index (χ2v) is 11.0. The van der Waals surface area contributed by atoms with E-state index in [1.165, 1.54) is 11.3 Å². The summed E-state index contributed by atoms with van der Waals surface area (Å²) in [6, 6.07) is 30.3. The van der Waals surface area contributed by atoms with Crippen LogP contribution in [0.25, 0.3) is 21.7 Å². The number of methoxy groups -OCH3 is 1. The summed E-state index contributed by atoms with van der Waals surface area (Å²) in [7, 11) is 1.54. The van der Waals surface area contributed by atoms with E-state index in [1.807, 2.05) is 72.8 Å². The molecule has 3 aromatic heterocycles. The molecule has 224 valence electrons. The number of ether oxygens (including phenoxy) is 4. The lowest BCUT2D eigenvalue weighted by Crippen LogP contribution is -2.00. The normalized spacial score (nSPS) is 11.3. The third-order valence-corrected chi connectivity index (χ3v) is 7.92. The van der Waals surface area contributed by atoms with Crippen molar-refractivity contribution < 1.29 is 28.8 Å². The first-order valence-electron chi connectivity index (χ1n) is 14.0. The van der Waals surface area contributed by atoms with Crippen LogP contribution in [0.2, 0.25) is 0 Å². The molecule has 0 saturated heterocycles. The van der Waals surface area contributed by atoms with Crippen LogP contribution in [0.3, 0.4) is 0 Å². The summed E-state index contributed by atoms with van der Waals surface area (Å²) >= 11 is 1.39. The van der Waals surface area contributed by atoms with Crippen LogP contribution in [0.1, 0.15) is 21.6 Å². The highest BCUT2D eigenvalue weighted by molar-refractivity contribution is 7.20. The van der Waals surface area contributed by atoms with Crippen molar-refractivity contribution in [1.82, 2.24) is 9.97 Å². The Morgan fingerprint density at radius 2 is 1.49 bits per heavy atom. The Morgan fingerprint density at radius 3 is 2.07 bits per heavy atom. The van der Waals surface area contributed by atoms with Gasteiger partial charge in [0.2, 0.25) is 5.88 Å². The standard InChI is InChI=1S/C36H28N2O6S/c1-41-34-13-12-27(21-38-34)44-35-29-18-30(42-22-24-8-4-2-5-9-24)31(43-23-25-10-6-3-7-11-25)20-32(29)45-33(35)19-28(36(39)40)26-14-16-37-17-15-26/h2-21H,22-23H2,1H3,(H,39,40). The van der Waals surface area contributed by atoms with Gasteiger partial charge in [-0.1, -0.05) is 60.7 Å². The van der Waals surface area contributed by atoms with Gasteiger partial charge in [-0.15, -0.1) is 11.3 Å². The van der Waals surface area contributed by atoms with Gasteiger partial charge < -0.3 is 24.1 Å². The van der Waals surface area contributed by atoms with Crippen LogP contribution in [0, 0.1) is 0 Å². The maximum Gasteiger partial charge on any atom is 0.336 e. The molecule has 0 bridgehead atoms. The minimum absolute atomic E-state index is 0.0998. The summed E-state index contributed by atoms with van der Waals surface area (Å²) in [5.74, 6) is 1.39. The van der Waals surface area contributed by atoms with Crippen molar-refractivity contribution in [2.45, 2.75) is 13.2 Å². The Morgan fingerprint density at radius 1 is 0.844 bits per heavy atom. The molecular formula is C36H28N2O6S. The molecule has 0 unspecified atom stereocenters. The van der Waals surface area contributed by atoms with Crippen molar-refractivity contribution >= 4 is 39.0 Å². The predicted octanol–water partition coefficient (Wildman–Crippen LogP) is 8.28. The van der Waals surface area contributed by atoms with Crippen LogP contribution in [0.5, 0.6) is 28.9 Å². The van der Waals surface area contributed by atoms with E-state index in [1.54, 1.807) is 56.0 Å². The number of hydrogen-bond donors (Lipinski definition) is 1. The fraction of sp³-hybridized carbons (Fsp3) is 0.0833. The minimum Gasteiger partial charge on any atom is -0.485 e. The van der Waals surface area contributed by atoms with Crippen molar-refractivity contribution in [3.8, 4) is 28.9 Å². The maximum atomic E-state index is 12.4. The number of aliphatic carboxylic acids is 1. The van der Waals surface area contributed by atoms with Crippen LogP contribution in [0.4, 0.5) is 0 Å². The fourth-order valence-corrected chi connectivity index (χ4v) is 5.68. The summed E-state index contributed by atoms with van der Waals surface area (Å²) in [6.07, 6.45) is 6.29. The Kier molecular flexibility index (Phi) is 8.98. The van der Waals surface area contributed by atoms with E-state index in [0.29, 0.717) is 52.5 Å². The molecule has 3 aromatic carbocycles. The number of hydrogen-bond acceptors (Lipinski definition) is 8. The zero-order valence-electron chi connectivity index (χ0n) is 24.3. The van der Waals surface area contributed by atoms with Gasteiger partial charge in [0, 0.05) is 34.6 Å². The lowest BCUT2D eigenvalue weighted by Gasteiger charge is -2.14. The van der Waals surface area contributed by atoms with Crippen LogP contribution < -0.4 is 18.9 Å². The number of rotatable bonds is 12. The van der Waals surface area contributed by atoms with Crippen molar-refractivity contribution in [3.05, 3.63) is 137 Å². The number of aromatic nitrogens is 2. The van der Waals surface area contributed by atoms with Gasteiger partial charge in [-0.3, -0.25) is 4.98 Å². The van der Waals surface area contributed by atoms with Crippen LogP contribution >= 0.6 is 11.3 Å². The lowest BCUT2D eigenvalue weighted by atomic mass is 10.1. The summed E-state index contributed by atoms with van der Waals surface area (Å²) in [5.41, 5.74) is 2.64. The number of nitrogens with zero attached hydrogens (tertiary/aromatic N) is 2. The molecule has 0 fully saturated rings. The third kappa shape index (κ3) is 7.11. The second kappa shape index (κ2) is 13.7. The molecule has 6 aromatic rings. The largest absolute Gasteiger partial charge is 0.485 e. The number of carboxylic acid groups (broad SMARTS) is 1. The second-order valence-electron chi connectivity index (χ2n) is 9.88. The predicted molar refractivity (Wildman–Crippen MR) is 174 cm³/mol. The highest BCUT2D eigenvalue weighted by Gasteiger charge is 2.21. The van der Waals surface area contributed by atoms with E-state index < -0.39 is 5.97 Å². The molecule has 0 aliphatic rings. The van der Waals surface area contributed by atoms with E-state index in [9.17, 15) is 9.90 Å². The van der Waals surface area contributed by atoms with E-state index in [4.69, 9.17) is 18.9 Å².